The van der Waals surface area contributed by atoms with E-state index in [9.17, 15) is 8.78 Å². The zero-order valence-electron chi connectivity index (χ0n) is 16.3. The number of likely N-dealkylation sites (tertiary alicyclic amines) is 1. The van der Waals surface area contributed by atoms with Crippen molar-refractivity contribution in [3.05, 3.63) is 41.6 Å². The van der Waals surface area contributed by atoms with Gasteiger partial charge in [-0.3, -0.25) is 15.3 Å². The molecule has 1 aromatic carbocycles. The lowest BCUT2D eigenvalue weighted by molar-refractivity contribution is 0.151. The quantitative estimate of drug-likeness (QED) is 0.547. The molecule has 7 heteroatoms. The van der Waals surface area contributed by atoms with Crippen LogP contribution in [0.15, 0.2) is 46.0 Å². The summed E-state index contributed by atoms with van der Waals surface area (Å²) in [5.41, 5.74) is 7.00. The van der Waals surface area contributed by atoms with E-state index in [1.165, 1.54) is 31.2 Å². The van der Waals surface area contributed by atoms with Gasteiger partial charge in [0.2, 0.25) is 0 Å². The maximum Gasteiger partial charge on any atom is 0.263 e. The van der Waals surface area contributed by atoms with Gasteiger partial charge in [-0.05, 0) is 43.7 Å². The smallest absolute Gasteiger partial charge is 0.263 e. The summed E-state index contributed by atoms with van der Waals surface area (Å²) < 4.78 is 25.8. The van der Waals surface area contributed by atoms with Crippen molar-refractivity contribution in [1.82, 2.24) is 10.2 Å². The molecule has 0 radical (unpaired) electrons. The summed E-state index contributed by atoms with van der Waals surface area (Å²) in [6, 6.07) is 6.60. The number of hydrogen-bond acceptors (Lipinski definition) is 4. The van der Waals surface area contributed by atoms with Crippen LogP contribution in [0.3, 0.4) is 0 Å². The van der Waals surface area contributed by atoms with Gasteiger partial charge in [0.25, 0.3) is 6.43 Å². The number of nitrogens with two attached hydrogens (primary N) is 1. The van der Waals surface area contributed by atoms with E-state index < -0.39 is 6.43 Å². The van der Waals surface area contributed by atoms with Crippen molar-refractivity contribution in [3.8, 4) is 0 Å². The lowest BCUT2D eigenvalue weighted by Crippen LogP contribution is -2.41. The fourth-order valence-corrected chi connectivity index (χ4v) is 3.68. The van der Waals surface area contributed by atoms with Crippen LogP contribution in [-0.2, 0) is 0 Å². The minimum absolute atomic E-state index is 0.0414. The Morgan fingerprint density at radius 3 is 2.71 bits per heavy atom. The lowest BCUT2D eigenvalue weighted by Gasteiger charge is -2.33. The highest BCUT2D eigenvalue weighted by molar-refractivity contribution is 6.15. The number of aliphatic imine (C=N–C) groups is 2. The molecule has 1 aliphatic carbocycles. The zero-order valence-corrected chi connectivity index (χ0v) is 16.3. The number of nitrogens with one attached hydrogen (secondary N) is 1. The number of nitrogens with zero attached hydrogens (tertiary/aromatic N) is 3. The van der Waals surface area contributed by atoms with Crippen molar-refractivity contribution >= 4 is 17.7 Å². The first-order chi connectivity index (χ1) is 13.6. The molecule has 1 saturated heterocycles. The Bertz CT molecular complexity index is 732. The molecule has 0 spiro atoms. The zero-order chi connectivity index (χ0) is 19.9. The fourth-order valence-electron chi connectivity index (χ4n) is 3.68. The van der Waals surface area contributed by atoms with Crippen LogP contribution < -0.4 is 11.1 Å². The van der Waals surface area contributed by atoms with Gasteiger partial charge in [0, 0.05) is 37.1 Å². The first kappa shape index (κ1) is 20.5. The molecule has 5 nitrogen and oxygen atoms in total. The molecule has 0 atom stereocenters. The Kier molecular flexibility index (Phi) is 7.14. The Morgan fingerprint density at radius 2 is 2.07 bits per heavy atom. The molecule has 3 rings (SSSR count). The van der Waals surface area contributed by atoms with E-state index >= 15 is 0 Å². The number of benzene rings is 1. The minimum Gasteiger partial charge on any atom is -0.404 e. The summed E-state index contributed by atoms with van der Waals surface area (Å²) >= 11 is 0. The van der Waals surface area contributed by atoms with Gasteiger partial charge in [0.05, 0.1) is 17.9 Å². The van der Waals surface area contributed by atoms with E-state index in [0.29, 0.717) is 24.0 Å². The SMILES string of the molecule is CC1CC(NCN=C(C(C=Nc2cccc(C(F)F)c2)=CN)N2CCCC2)C1. The van der Waals surface area contributed by atoms with Gasteiger partial charge in [-0.2, -0.15) is 0 Å². The molecule has 2 aliphatic rings. The molecule has 0 aromatic heterocycles. The van der Waals surface area contributed by atoms with E-state index in [4.69, 9.17) is 10.7 Å². The van der Waals surface area contributed by atoms with Crippen LogP contribution in [-0.4, -0.2) is 42.8 Å². The van der Waals surface area contributed by atoms with Gasteiger partial charge in [0.15, 0.2) is 0 Å². The maximum absolute atomic E-state index is 12.9. The van der Waals surface area contributed by atoms with Crippen LogP contribution in [0, 0.1) is 5.92 Å². The number of rotatable bonds is 7. The van der Waals surface area contributed by atoms with E-state index in [2.05, 4.69) is 22.1 Å². The van der Waals surface area contributed by atoms with Crippen molar-refractivity contribution in [2.45, 2.75) is 45.1 Å². The summed E-state index contributed by atoms with van der Waals surface area (Å²) in [5, 5.41) is 3.47. The molecule has 1 heterocycles. The molecule has 1 saturated carbocycles. The lowest BCUT2D eigenvalue weighted by atomic mass is 9.82. The summed E-state index contributed by atoms with van der Waals surface area (Å²) in [6.45, 7) is 4.66. The molecule has 28 heavy (non-hydrogen) atoms. The van der Waals surface area contributed by atoms with Gasteiger partial charge < -0.3 is 10.6 Å². The third-order valence-corrected chi connectivity index (χ3v) is 5.30. The molecule has 2 fully saturated rings. The predicted molar refractivity (Wildman–Crippen MR) is 110 cm³/mol. The summed E-state index contributed by atoms with van der Waals surface area (Å²) in [6.07, 6.45) is 5.22. The highest BCUT2D eigenvalue weighted by Crippen LogP contribution is 2.26. The van der Waals surface area contributed by atoms with Crippen LogP contribution in [0.5, 0.6) is 0 Å². The molecule has 1 aromatic rings. The van der Waals surface area contributed by atoms with Crippen LogP contribution >= 0.6 is 0 Å². The van der Waals surface area contributed by atoms with Gasteiger partial charge in [-0.1, -0.05) is 19.1 Å². The van der Waals surface area contributed by atoms with Crippen LogP contribution in [0.4, 0.5) is 14.5 Å². The molecular weight excluding hydrogens is 360 g/mol. The summed E-state index contributed by atoms with van der Waals surface area (Å²) in [7, 11) is 0. The van der Waals surface area contributed by atoms with Crippen LogP contribution in [0.25, 0.3) is 0 Å². The number of alkyl halides is 2. The van der Waals surface area contributed by atoms with Gasteiger partial charge in [-0.15, -0.1) is 0 Å². The molecule has 0 bridgehead atoms. The van der Waals surface area contributed by atoms with E-state index in [1.807, 2.05) is 0 Å². The second-order valence-electron chi connectivity index (χ2n) is 7.59. The summed E-state index contributed by atoms with van der Waals surface area (Å²) in [5.74, 6) is 1.60. The highest BCUT2D eigenvalue weighted by atomic mass is 19.3. The predicted octanol–water partition coefficient (Wildman–Crippen LogP) is 4.01. The van der Waals surface area contributed by atoms with Crippen molar-refractivity contribution in [2.24, 2.45) is 21.6 Å². The van der Waals surface area contributed by atoms with E-state index in [-0.39, 0.29) is 5.56 Å². The van der Waals surface area contributed by atoms with E-state index in [1.54, 1.807) is 18.3 Å². The maximum atomic E-state index is 12.9. The van der Waals surface area contributed by atoms with Crippen LogP contribution in [0.2, 0.25) is 0 Å². The third kappa shape index (κ3) is 5.38. The molecule has 0 unspecified atom stereocenters. The van der Waals surface area contributed by atoms with Crippen molar-refractivity contribution in [2.75, 3.05) is 19.8 Å². The number of halogens is 2. The normalized spacial score (nSPS) is 23.6. The molecule has 152 valence electrons. The van der Waals surface area contributed by atoms with Gasteiger partial charge >= 0.3 is 0 Å². The second-order valence-corrected chi connectivity index (χ2v) is 7.59. The third-order valence-electron chi connectivity index (χ3n) is 5.30. The highest BCUT2D eigenvalue weighted by Gasteiger charge is 2.24. The standard InChI is InChI=1S/C21H29F2N5/c1-15-9-19(10-15)26-14-27-21(28-7-2-3-8-28)17(12-24)13-25-18-6-4-5-16(11-18)20(22)23/h4-6,11-13,15,19-20,26H,2-3,7-10,14,24H2,1H3. The number of hydrogen-bond donors (Lipinski definition) is 2. The van der Waals surface area contributed by atoms with E-state index in [0.717, 1.165) is 37.7 Å². The van der Waals surface area contributed by atoms with Crippen molar-refractivity contribution in [3.63, 3.8) is 0 Å². The Balaban J connectivity index is 1.72. The molecular formula is C21H29F2N5. The molecule has 0 amide bonds. The minimum atomic E-state index is -2.51. The van der Waals surface area contributed by atoms with Crippen molar-refractivity contribution < 1.29 is 8.78 Å². The number of amidine groups is 1. The first-order valence-corrected chi connectivity index (χ1v) is 9.94. The second kappa shape index (κ2) is 9.78. The molecule has 3 N–H and O–H groups in total. The average Bonchev–Trinajstić information content (AvgIpc) is 3.20. The largest absolute Gasteiger partial charge is 0.404 e. The first-order valence-electron chi connectivity index (χ1n) is 9.94. The molecule has 1 aliphatic heterocycles. The Morgan fingerprint density at radius 1 is 1.32 bits per heavy atom. The van der Waals surface area contributed by atoms with Crippen LogP contribution in [0.1, 0.15) is 44.6 Å². The topological polar surface area (TPSA) is 66.0 Å². The summed E-state index contributed by atoms with van der Waals surface area (Å²) in [4.78, 5) is 11.3. The van der Waals surface area contributed by atoms with Crippen molar-refractivity contribution in [1.29, 1.82) is 0 Å². The Labute approximate surface area is 165 Å². The van der Waals surface area contributed by atoms with Gasteiger partial charge in [0.1, 0.15) is 5.84 Å². The van der Waals surface area contributed by atoms with Gasteiger partial charge in [-0.25, -0.2) is 8.78 Å². The monoisotopic (exact) mass is 389 g/mol. The Hall–Kier alpha value is -2.28. The fraction of sp³-hybridized carbons (Fsp3) is 0.524. The average molecular weight is 389 g/mol.